The summed E-state index contributed by atoms with van der Waals surface area (Å²) in [5.74, 6) is -0.322. The Morgan fingerprint density at radius 2 is 1.86 bits per heavy atom. The molecule has 1 aromatic heterocycles. The first kappa shape index (κ1) is 15.9. The Hall–Kier alpha value is -1.46. The molecule has 0 spiro atoms. The quantitative estimate of drug-likeness (QED) is 0.882. The third-order valence-electron chi connectivity index (χ3n) is 3.20. The van der Waals surface area contributed by atoms with Gasteiger partial charge in [0.1, 0.15) is 17.4 Å². The number of aryl methyl sites for hydroxylation is 1. The van der Waals surface area contributed by atoms with E-state index in [9.17, 15) is 8.78 Å². The molecule has 0 aliphatic carbocycles. The Labute approximate surface area is 127 Å². The maximum atomic E-state index is 14.2. The summed E-state index contributed by atoms with van der Waals surface area (Å²) < 4.78 is 32.9. The van der Waals surface area contributed by atoms with Crippen molar-refractivity contribution in [2.75, 3.05) is 7.11 Å². The molecule has 1 N–H and O–H groups in total. The Kier molecular flexibility index (Phi) is 4.96. The van der Waals surface area contributed by atoms with E-state index in [4.69, 9.17) is 4.74 Å². The third-order valence-corrected chi connectivity index (χ3v) is 4.18. The van der Waals surface area contributed by atoms with Crippen LogP contribution in [-0.4, -0.2) is 13.2 Å². The van der Waals surface area contributed by atoms with Gasteiger partial charge in [0.05, 0.1) is 13.2 Å². The largest absolute Gasteiger partial charge is 0.496 e. The number of thiophene rings is 1. The zero-order valence-corrected chi connectivity index (χ0v) is 13.4. The Morgan fingerprint density at radius 1 is 1.14 bits per heavy atom. The SMILES string of the molecule is COc1csc(C(NC(C)C)c2cc(C)c(F)cc2F)c1. The number of halogens is 2. The minimum atomic E-state index is -0.538. The van der Waals surface area contributed by atoms with Gasteiger partial charge in [-0.3, -0.25) is 0 Å². The van der Waals surface area contributed by atoms with Crippen LogP contribution in [0, 0.1) is 18.6 Å². The number of methoxy groups -OCH3 is 1. The fraction of sp³-hybridized carbons (Fsp3) is 0.375. The average Bonchev–Trinajstić information content (AvgIpc) is 2.89. The van der Waals surface area contributed by atoms with E-state index in [0.717, 1.165) is 16.7 Å². The summed E-state index contributed by atoms with van der Waals surface area (Å²) in [6, 6.07) is 4.23. The van der Waals surface area contributed by atoms with Gasteiger partial charge >= 0.3 is 0 Å². The summed E-state index contributed by atoms with van der Waals surface area (Å²) in [5.41, 5.74) is 0.887. The summed E-state index contributed by atoms with van der Waals surface area (Å²) in [5, 5.41) is 5.20. The maximum absolute atomic E-state index is 14.2. The highest BCUT2D eigenvalue weighted by molar-refractivity contribution is 7.10. The molecule has 0 saturated carbocycles. The standard InChI is InChI=1S/C16H19F2NOS/c1-9(2)19-16(15-6-11(20-4)8-21-15)12-5-10(3)13(17)7-14(12)18/h5-9,16,19H,1-4H3. The molecule has 1 atom stereocenters. The van der Waals surface area contributed by atoms with Crippen LogP contribution in [0.1, 0.15) is 35.9 Å². The molecule has 5 heteroatoms. The third kappa shape index (κ3) is 3.60. The highest BCUT2D eigenvalue weighted by Gasteiger charge is 2.22. The molecule has 0 bridgehead atoms. The second-order valence-electron chi connectivity index (χ2n) is 5.27. The van der Waals surface area contributed by atoms with Crippen molar-refractivity contribution < 1.29 is 13.5 Å². The molecule has 2 rings (SSSR count). The van der Waals surface area contributed by atoms with Gasteiger partial charge in [-0.1, -0.05) is 0 Å². The number of rotatable bonds is 5. The molecule has 1 aromatic carbocycles. The van der Waals surface area contributed by atoms with Crippen molar-refractivity contribution in [3.05, 3.63) is 51.2 Å². The highest BCUT2D eigenvalue weighted by Crippen LogP contribution is 2.33. The molecule has 2 nitrogen and oxygen atoms in total. The number of hydrogen-bond donors (Lipinski definition) is 1. The molecule has 1 unspecified atom stereocenters. The molecule has 2 aromatic rings. The molecular weight excluding hydrogens is 292 g/mol. The van der Waals surface area contributed by atoms with Gasteiger partial charge in [0.2, 0.25) is 0 Å². The second kappa shape index (κ2) is 6.54. The topological polar surface area (TPSA) is 21.3 Å². The number of ether oxygens (including phenoxy) is 1. The second-order valence-corrected chi connectivity index (χ2v) is 6.21. The van der Waals surface area contributed by atoms with Crippen LogP contribution in [0.4, 0.5) is 8.78 Å². The van der Waals surface area contributed by atoms with Crippen LogP contribution in [0.15, 0.2) is 23.6 Å². The van der Waals surface area contributed by atoms with Crippen molar-refractivity contribution >= 4 is 11.3 Å². The van der Waals surface area contributed by atoms with Gasteiger partial charge in [0.25, 0.3) is 0 Å². The van der Waals surface area contributed by atoms with E-state index in [2.05, 4.69) is 5.32 Å². The summed E-state index contributed by atoms with van der Waals surface area (Å²) in [6.45, 7) is 5.62. The van der Waals surface area contributed by atoms with E-state index >= 15 is 0 Å². The molecule has 0 amide bonds. The van der Waals surface area contributed by atoms with Crippen molar-refractivity contribution in [3.8, 4) is 5.75 Å². The van der Waals surface area contributed by atoms with E-state index in [1.54, 1.807) is 20.1 Å². The first-order valence-corrected chi connectivity index (χ1v) is 7.64. The maximum Gasteiger partial charge on any atom is 0.131 e. The molecule has 0 aliphatic rings. The first-order chi connectivity index (χ1) is 9.92. The van der Waals surface area contributed by atoms with E-state index in [1.165, 1.54) is 11.3 Å². The number of nitrogens with one attached hydrogen (secondary N) is 1. The zero-order valence-electron chi connectivity index (χ0n) is 12.5. The lowest BCUT2D eigenvalue weighted by Crippen LogP contribution is -2.29. The molecule has 0 fully saturated rings. The molecule has 21 heavy (non-hydrogen) atoms. The van der Waals surface area contributed by atoms with Crippen molar-refractivity contribution in [3.63, 3.8) is 0 Å². The van der Waals surface area contributed by atoms with Crippen molar-refractivity contribution in [2.45, 2.75) is 32.9 Å². The van der Waals surface area contributed by atoms with Crippen LogP contribution < -0.4 is 10.1 Å². The number of benzene rings is 1. The minimum Gasteiger partial charge on any atom is -0.496 e. The van der Waals surface area contributed by atoms with Gasteiger partial charge in [-0.25, -0.2) is 8.78 Å². The fourth-order valence-electron chi connectivity index (χ4n) is 2.15. The Morgan fingerprint density at radius 3 is 2.43 bits per heavy atom. The van der Waals surface area contributed by atoms with Gasteiger partial charge in [0, 0.05) is 27.9 Å². The molecular formula is C16H19F2NOS. The summed E-state index contributed by atoms with van der Waals surface area (Å²) in [6.07, 6.45) is 0. The lowest BCUT2D eigenvalue weighted by molar-refractivity contribution is 0.415. The Bertz CT molecular complexity index is 625. The molecule has 1 heterocycles. The zero-order chi connectivity index (χ0) is 15.6. The van der Waals surface area contributed by atoms with Gasteiger partial charge in [-0.2, -0.15) is 0 Å². The molecule has 0 saturated heterocycles. The molecule has 114 valence electrons. The Balaban J connectivity index is 2.47. The normalized spacial score (nSPS) is 12.7. The minimum absolute atomic E-state index is 0.160. The lowest BCUT2D eigenvalue weighted by atomic mass is 10.0. The van der Waals surface area contributed by atoms with Crippen LogP contribution in [0.2, 0.25) is 0 Å². The van der Waals surface area contributed by atoms with Gasteiger partial charge in [0.15, 0.2) is 0 Å². The van der Waals surface area contributed by atoms with Gasteiger partial charge in [-0.05, 0) is 38.5 Å². The monoisotopic (exact) mass is 311 g/mol. The van der Waals surface area contributed by atoms with E-state index in [-0.39, 0.29) is 12.1 Å². The molecule has 0 aliphatic heterocycles. The van der Waals surface area contributed by atoms with Crippen molar-refractivity contribution in [1.29, 1.82) is 0 Å². The van der Waals surface area contributed by atoms with E-state index in [1.807, 2.05) is 25.3 Å². The van der Waals surface area contributed by atoms with Crippen LogP contribution in [-0.2, 0) is 0 Å². The molecule has 0 radical (unpaired) electrons. The van der Waals surface area contributed by atoms with Gasteiger partial charge in [-0.15, -0.1) is 11.3 Å². The van der Waals surface area contributed by atoms with Crippen LogP contribution in [0.3, 0.4) is 0 Å². The predicted molar refractivity (Wildman–Crippen MR) is 82.1 cm³/mol. The smallest absolute Gasteiger partial charge is 0.131 e. The van der Waals surface area contributed by atoms with E-state index < -0.39 is 11.6 Å². The van der Waals surface area contributed by atoms with Crippen LogP contribution in [0.25, 0.3) is 0 Å². The summed E-state index contributed by atoms with van der Waals surface area (Å²) >= 11 is 1.49. The van der Waals surface area contributed by atoms with E-state index in [0.29, 0.717) is 11.1 Å². The fourth-order valence-corrected chi connectivity index (χ4v) is 3.08. The summed E-state index contributed by atoms with van der Waals surface area (Å²) in [4.78, 5) is 0.936. The predicted octanol–water partition coefficient (Wildman–Crippen LogP) is 4.43. The van der Waals surface area contributed by atoms with Gasteiger partial charge < -0.3 is 10.1 Å². The van der Waals surface area contributed by atoms with Crippen molar-refractivity contribution in [1.82, 2.24) is 5.32 Å². The highest BCUT2D eigenvalue weighted by atomic mass is 32.1. The van der Waals surface area contributed by atoms with Crippen LogP contribution in [0.5, 0.6) is 5.75 Å². The lowest BCUT2D eigenvalue weighted by Gasteiger charge is -2.21. The summed E-state index contributed by atoms with van der Waals surface area (Å²) in [7, 11) is 1.60. The average molecular weight is 311 g/mol. The van der Waals surface area contributed by atoms with Crippen molar-refractivity contribution in [2.24, 2.45) is 0 Å². The van der Waals surface area contributed by atoms with Crippen LogP contribution >= 0.6 is 11.3 Å². The number of hydrogen-bond acceptors (Lipinski definition) is 3. The first-order valence-electron chi connectivity index (χ1n) is 6.76.